The van der Waals surface area contributed by atoms with E-state index in [9.17, 15) is 15.2 Å². The van der Waals surface area contributed by atoms with E-state index < -0.39 is 11.2 Å². The van der Waals surface area contributed by atoms with Crippen LogP contribution in [-0.2, 0) is 17.6 Å². The van der Waals surface area contributed by atoms with Crippen LogP contribution in [0.1, 0.15) is 42.7 Å². The number of carbonyl (C=O) groups is 1. The van der Waals surface area contributed by atoms with E-state index in [1.807, 2.05) is 6.92 Å². The van der Waals surface area contributed by atoms with Crippen molar-refractivity contribution in [2.75, 3.05) is 12.4 Å². The minimum atomic E-state index is -0.611. The van der Waals surface area contributed by atoms with Crippen LogP contribution in [-0.4, -0.2) is 23.5 Å². The number of anilines is 1. The second-order valence-corrected chi connectivity index (χ2v) is 10.2. The van der Waals surface area contributed by atoms with E-state index in [1.54, 1.807) is 31.4 Å². The molecule has 172 valence electrons. The number of rotatable bonds is 7. The molecule has 0 bridgehead atoms. The molecule has 4 rings (SSSR count). The fraction of sp³-hybridized carbons (Fsp3) is 0.391. The van der Waals surface area contributed by atoms with Gasteiger partial charge in [-0.3, -0.25) is 4.79 Å². The van der Waals surface area contributed by atoms with Crippen LogP contribution in [0.2, 0.25) is 0 Å². The van der Waals surface area contributed by atoms with Crippen molar-refractivity contribution in [3.8, 4) is 23.5 Å². The molecule has 3 aromatic rings. The number of fused-ring (bicyclic) bond motifs is 1. The zero-order chi connectivity index (χ0) is 23.5. The Morgan fingerprint density at radius 1 is 1.48 bits per heavy atom. The summed E-state index contributed by atoms with van der Waals surface area (Å²) in [4.78, 5) is 14.3. The Kier molecular flexibility index (Phi) is 6.91. The van der Waals surface area contributed by atoms with Gasteiger partial charge in [0.15, 0.2) is 5.95 Å². The van der Waals surface area contributed by atoms with E-state index in [0.717, 1.165) is 36.6 Å². The summed E-state index contributed by atoms with van der Waals surface area (Å²) >= 11 is 2.59. The summed E-state index contributed by atoms with van der Waals surface area (Å²) in [6.45, 7) is 4.08. The van der Waals surface area contributed by atoms with Crippen molar-refractivity contribution in [2.24, 2.45) is 5.92 Å². The highest BCUT2D eigenvalue weighted by Crippen LogP contribution is 2.40. The minimum Gasteiger partial charge on any atom is -0.538 e. The second kappa shape index (κ2) is 9.85. The molecule has 1 aromatic carbocycles. The molecule has 10 heteroatoms. The van der Waals surface area contributed by atoms with E-state index in [-0.39, 0.29) is 10.9 Å². The molecule has 0 radical (unpaired) electrons. The van der Waals surface area contributed by atoms with Gasteiger partial charge in [-0.15, -0.1) is 11.3 Å². The minimum absolute atomic E-state index is 0.210. The Bertz CT molecular complexity index is 1200. The number of benzene rings is 1. The van der Waals surface area contributed by atoms with E-state index in [4.69, 9.17) is 9.26 Å². The molecular formula is C23H24N4O4S2. The van der Waals surface area contributed by atoms with Crippen molar-refractivity contribution in [3.63, 3.8) is 0 Å². The Morgan fingerprint density at radius 2 is 2.24 bits per heavy atom. The van der Waals surface area contributed by atoms with Gasteiger partial charge in [-0.25, -0.2) is 0 Å². The van der Waals surface area contributed by atoms with Crippen LogP contribution in [0.4, 0.5) is 5.00 Å². The molecule has 2 atom stereocenters. The highest BCUT2D eigenvalue weighted by Gasteiger charge is 2.30. The standard InChI is InChI=1S/C23H24N4O4S2/c1-4-18(20(28)25-21-17(12-24)16-10-5-13(2)11-19(16)32-21)33-22-23(29)31-26-27(22)14-6-8-15(30-3)9-7-14/h6-9,13,18H,4-5,10-11H2,1-3H3,(H-,25,26,28,29). The number of carbonyl (C=O) groups excluding carboxylic acids is 1. The smallest absolute Gasteiger partial charge is 0.298 e. The zero-order valence-electron chi connectivity index (χ0n) is 18.6. The number of hydrogen-bond acceptors (Lipinski definition) is 8. The summed E-state index contributed by atoms with van der Waals surface area (Å²) in [5.41, 5.74) is 2.25. The number of thioether (sulfide) groups is 1. The molecule has 1 aliphatic rings. The fourth-order valence-electron chi connectivity index (χ4n) is 3.83. The van der Waals surface area contributed by atoms with Gasteiger partial charge in [0.1, 0.15) is 16.8 Å². The maximum atomic E-state index is 13.1. The van der Waals surface area contributed by atoms with Gasteiger partial charge in [0.25, 0.3) is 5.03 Å². The van der Waals surface area contributed by atoms with Gasteiger partial charge >= 0.3 is 0 Å². The highest BCUT2D eigenvalue weighted by molar-refractivity contribution is 8.00. The van der Waals surface area contributed by atoms with Gasteiger partial charge < -0.3 is 19.7 Å². The highest BCUT2D eigenvalue weighted by atomic mass is 32.2. The Labute approximate surface area is 200 Å². The predicted octanol–water partition coefficient (Wildman–Crippen LogP) is 3.60. The first-order valence-electron chi connectivity index (χ1n) is 10.7. The fourth-order valence-corrected chi connectivity index (χ4v) is 6.17. The molecule has 2 unspecified atom stereocenters. The third-order valence-electron chi connectivity index (χ3n) is 5.67. The SMILES string of the molecule is CCC(Sc1c([O-])on[n+]1-c1ccc(OC)cc1)C(=O)Nc1sc2c(c1C#N)CCC(C)C2. The van der Waals surface area contributed by atoms with Gasteiger partial charge in [-0.2, -0.15) is 5.26 Å². The lowest BCUT2D eigenvalue weighted by molar-refractivity contribution is -0.705. The number of aromatic nitrogens is 2. The number of thiophene rings is 1. The summed E-state index contributed by atoms with van der Waals surface area (Å²) in [5.74, 6) is 0.377. The van der Waals surface area contributed by atoms with Gasteiger partial charge in [0, 0.05) is 17.0 Å². The lowest BCUT2D eigenvalue weighted by Gasteiger charge is -2.17. The van der Waals surface area contributed by atoms with Crippen LogP contribution in [0.3, 0.4) is 0 Å². The third kappa shape index (κ3) is 4.70. The van der Waals surface area contributed by atoms with Crippen LogP contribution in [0, 0.1) is 17.2 Å². The molecule has 0 fully saturated rings. The van der Waals surface area contributed by atoms with E-state index in [0.29, 0.717) is 34.3 Å². The maximum absolute atomic E-state index is 13.1. The van der Waals surface area contributed by atoms with Gasteiger partial charge in [0.2, 0.25) is 11.6 Å². The second-order valence-electron chi connectivity index (χ2n) is 7.95. The number of hydrogen-bond donors (Lipinski definition) is 1. The largest absolute Gasteiger partial charge is 0.538 e. The van der Waals surface area contributed by atoms with Crippen LogP contribution in [0.15, 0.2) is 33.8 Å². The van der Waals surface area contributed by atoms with Gasteiger partial charge in [0.05, 0.1) is 23.2 Å². The average Bonchev–Trinajstić information content (AvgIpc) is 3.35. The van der Waals surface area contributed by atoms with Crippen molar-refractivity contribution in [1.29, 1.82) is 5.26 Å². The molecule has 1 N–H and O–H groups in total. The lowest BCUT2D eigenvalue weighted by atomic mass is 9.88. The topological polar surface area (TPSA) is 115 Å². The summed E-state index contributed by atoms with van der Waals surface area (Å²) < 4.78 is 11.4. The quantitative estimate of drug-likeness (QED) is 0.402. The molecule has 2 heterocycles. The molecule has 0 saturated heterocycles. The van der Waals surface area contributed by atoms with Crippen molar-refractivity contribution in [1.82, 2.24) is 5.27 Å². The van der Waals surface area contributed by atoms with Gasteiger partial charge in [-0.1, -0.05) is 13.8 Å². The van der Waals surface area contributed by atoms with Crippen LogP contribution in [0.25, 0.3) is 5.69 Å². The lowest BCUT2D eigenvalue weighted by Crippen LogP contribution is -2.36. The first-order chi connectivity index (χ1) is 15.9. The molecule has 0 saturated carbocycles. The van der Waals surface area contributed by atoms with Crippen LogP contribution in [0.5, 0.6) is 11.7 Å². The number of nitrogens with zero attached hydrogens (tertiary/aromatic N) is 3. The molecule has 0 spiro atoms. The van der Waals surface area contributed by atoms with Gasteiger partial charge in [-0.05, 0) is 65.7 Å². The Morgan fingerprint density at radius 3 is 2.91 bits per heavy atom. The molecule has 1 amide bonds. The van der Waals surface area contributed by atoms with E-state index in [1.165, 1.54) is 20.9 Å². The molecular weight excluding hydrogens is 460 g/mol. The zero-order valence-corrected chi connectivity index (χ0v) is 20.2. The number of nitrogens with one attached hydrogen (secondary N) is 1. The first-order valence-corrected chi connectivity index (χ1v) is 12.4. The Hall–Kier alpha value is -3.03. The summed E-state index contributed by atoms with van der Waals surface area (Å²) in [6.07, 6.45) is 3.32. The van der Waals surface area contributed by atoms with Crippen molar-refractivity contribution >= 4 is 34.0 Å². The van der Waals surface area contributed by atoms with Crippen molar-refractivity contribution in [3.05, 3.63) is 40.3 Å². The number of nitriles is 1. The normalized spacial score (nSPS) is 16.0. The average molecular weight is 485 g/mol. The molecule has 2 aromatic heterocycles. The molecule has 1 aliphatic carbocycles. The molecule has 33 heavy (non-hydrogen) atoms. The molecule has 0 aliphatic heterocycles. The number of methoxy groups -OCH3 is 1. The Balaban J connectivity index is 1.55. The monoisotopic (exact) mass is 484 g/mol. The number of amides is 1. The summed E-state index contributed by atoms with van der Waals surface area (Å²) in [6, 6.07) is 9.28. The summed E-state index contributed by atoms with van der Waals surface area (Å²) in [5, 5.41) is 29.1. The summed E-state index contributed by atoms with van der Waals surface area (Å²) in [7, 11) is 1.57. The predicted molar refractivity (Wildman–Crippen MR) is 123 cm³/mol. The van der Waals surface area contributed by atoms with Crippen LogP contribution < -0.4 is 19.8 Å². The van der Waals surface area contributed by atoms with Crippen LogP contribution >= 0.6 is 23.1 Å². The number of ether oxygens (including phenoxy) is 1. The van der Waals surface area contributed by atoms with Crippen molar-refractivity contribution < 1.29 is 23.8 Å². The van der Waals surface area contributed by atoms with E-state index in [2.05, 4.69) is 23.6 Å². The van der Waals surface area contributed by atoms with Crippen molar-refractivity contribution in [2.45, 2.75) is 49.8 Å². The third-order valence-corrected chi connectivity index (χ3v) is 8.23. The maximum Gasteiger partial charge on any atom is 0.298 e. The van der Waals surface area contributed by atoms with E-state index >= 15 is 0 Å². The molecule has 8 nitrogen and oxygen atoms in total. The first kappa shape index (κ1) is 23.1.